The Balaban J connectivity index is 2.20. The first-order valence-corrected chi connectivity index (χ1v) is 6.93. The molecular formula is C15H23FN2O2. The summed E-state index contributed by atoms with van der Waals surface area (Å²) in [7, 11) is 5.49. The smallest absolute Gasteiger partial charge is 0.165 e. The van der Waals surface area contributed by atoms with Gasteiger partial charge in [0.15, 0.2) is 11.6 Å². The van der Waals surface area contributed by atoms with Crippen LogP contribution in [0.5, 0.6) is 5.75 Å². The quantitative estimate of drug-likeness (QED) is 0.911. The summed E-state index contributed by atoms with van der Waals surface area (Å²) < 4.78 is 18.7. The molecule has 1 aromatic rings. The molecular weight excluding hydrogens is 259 g/mol. The van der Waals surface area contributed by atoms with Gasteiger partial charge in [-0.2, -0.15) is 0 Å². The zero-order valence-corrected chi connectivity index (χ0v) is 12.3. The fraction of sp³-hybridized carbons (Fsp3) is 0.600. The number of halogens is 1. The van der Waals surface area contributed by atoms with Gasteiger partial charge in [-0.1, -0.05) is 6.07 Å². The van der Waals surface area contributed by atoms with Crippen LogP contribution in [-0.2, 0) is 0 Å². The molecule has 112 valence electrons. The van der Waals surface area contributed by atoms with E-state index < -0.39 is 11.9 Å². The molecule has 0 aliphatic carbocycles. The molecule has 5 heteroatoms. The van der Waals surface area contributed by atoms with Crippen molar-refractivity contribution in [3.05, 3.63) is 29.6 Å². The van der Waals surface area contributed by atoms with Crippen molar-refractivity contribution in [2.75, 3.05) is 40.8 Å². The highest BCUT2D eigenvalue weighted by atomic mass is 19.1. The summed E-state index contributed by atoms with van der Waals surface area (Å²) in [5.74, 6) is -0.235. The lowest BCUT2D eigenvalue weighted by atomic mass is 10.0. The maximum Gasteiger partial charge on any atom is 0.165 e. The van der Waals surface area contributed by atoms with E-state index in [-0.39, 0.29) is 11.8 Å². The van der Waals surface area contributed by atoms with Crippen LogP contribution in [0, 0.1) is 5.82 Å². The zero-order valence-electron chi connectivity index (χ0n) is 12.3. The summed E-state index contributed by atoms with van der Waals surface area (Å²) in [6, 6.07) is 4.62. The van der Waals surface area contributed by atoms with Crippen LogP contribution in [0.4, 0.5) is 4.39 Å². The Morgan fingerprint density at radius 3 is 2.75 bits per heavy atom. The number of nitrogens with zero attached hydrogens (tertiary/aromatic N) is 2. The van der Waals surface area contributed by atoms with Crippen LogP contribution in [0.1, 0.15) is 18.1 Å². The maximum absolute atomic E-state index is 13.8. The van der Waals surface area contributed by atoms with Crippen molar-refractivity contribution < 1.29 is 14.2 Å². The van der Waals surface area contributed by atoms with Gasteiger partial charge in [-0.3, -0.25) is 4.90 Å². The number of hydrogen-bond donors (Lipinski definition) is 1. The predicted octanol–water partition coefficient (Wildman–Crippen LogP) is 1.50. The molecule has 0 radical (unpaired) electrons. The van der Waals surface area contributed by atoms with E-state index in [1.165, 1.54) is 13.2 Å². The molecule has 1 N–H and O–H groups in total. The second-order valence-electron chi connectivity index (χ2n) is 5.50. The van der Waals surface area contributed by atoms with Crippen LogP contribution in [0.2, 0.25) is 0 Å². The minimum absolute atomic E-state index is 0.0321. The number of methoxy groups -OCH3 is 1. The molecule has 0 aromatic heterocycles. The number of benzene rings is 1. The molecule has 0 saturated carbocycles. The van der Waals surface area contributed by atoms with Gasteiger partial charge in [0.1, 0.15) is 0 Å². The molecule has 2 unspecified atom stereocenters. The molecule has 0 amide bonds. The van der Waals surface area contributed by atoms with Gasteiger partial charge in [-0.05, 0) is 51.3 Å². The van der Waals surface area contributed by atoms with Gasteiger partial charge in [0.25, 0.3) is 0 Å². The minimum Gasteiger partial charge on any atom is -0.494 e. The Bertz CT molecular complexity index is 455. The molecule has 0 spiro atoms. The first kappa shape index (κ1) is 15.2. The average molecular weight is 282 g/mol. The largest absolute Gasteiger partial charge is 0.494 e. The van der Waals surface area contributed by atoms with Crippen LogP contribution < -0.4 is 4.74 Å². The topological polar surface area (TPSA) is 35.9 Å². The van der Waals surface area contributed by atoms with Crippen LogP contribution in [0.25, 0.3) is 0 Å². The summed E-state index contributed by atoms with van der Waals surface area (Å²) in [5, 5.41) is 10.6. The van der Waals surface area contributed by atoms with Gasteiger partial charge >= 0.3 is 0 Å². The number of likely N-dealkylation sites (N-methyl/N-ethyl adjacent to an activating group) is 2. The standard InChI is InChI=1S/C15H23FN2O2/c1-17-7-4-8-18(2)13(10-17)15(19)11-5-6-14(20-3)12(16)9-11/h5-6,9,13,15,19H,4,7-8,10H2,1-3H3. The van der Waals surface area contributed by atoms with Gasteiger partial charge in [0.05, 0.1) is 19.3 Å². The van der Waals surface area contributed by atoms with Crippen molar-refractivity contribution in [1.82, 2.24) is 9.80 Å². The zero-order chi connectivity index (χ0) is 14.7. The monoisotopic (exact) mass is 282 g/mol. The summed E-state index contributed by atoms with van der Waals surface area (Å²) in [4.78, 5) is 4.35. The lowest BCUT2D eigenvalue weighted by Gasteiger charge is -2.31. The van der Waals surface area contributed by atoms with Gasteiger partial charge in [-0.25, -0.2) is 4.39 Å². The molecule has 0 bridgehead atoms. The third-order valence-corrected chi connectivity index (χ3v) is 4.00. The molecule has 1 fully saturated rings. The minimum atomic E-state index is -0.707. The van der Waals surface area contributed by atoms with Crippen molar-refractivity contribution in [1.29, 1.82) is 0 Å². The Labute approximate surface area is 119 Å². The van der Waals surface area contributed by atoms with Crippen molar-refractivity contribution >= 4 is 0 Å². The van der Waals surface area contributed by atoms with E-state index in [0.717, 1.165) is 26.1 Å². The highest BCUT2D eigenvalue weighted by molar-refractivity contribution is 5.31. The molecule has 1 aromatic carbocycles. The molecule has 1 heterocycles. The van der Waals surface area contributed by atoms with Crippen LogP contribution in [0.15, 0.2) is 18.2 Å². The first-order chi connectivity index (χ1) is 9.52. The second kappa shape index (κ2) is 6.52. The van der Waals surface area contributed by atoms with Gasteiger partial charge < -0.3 is 14.7 Å². The Morgan fingerprint density at radius 2 is 2.10 bits per heavy atom. The lowest BCUT2D eigenvalue weighted by Crippen LogP contribution is -2.42. The van der Waals surface area contributed by atoms with E-state index in [2.05, 4.69) is 9.80 Å². The van der Waals surface area contributed by atoms with E-state index in [0.29, 0.717) is 5.56 Å². The van der Waals surface area contributed by atoms with Gasteiger partial charge in [0.2, 0.25) is 0 Å². The normalized spacial score (nSPS) is 23.4. The van der Waals surface area contributed by atoms with E-state index in [4.69, 9.17) is 4.74 Å². The van der Waals surface area contributed by atoms with Crippen LogP contribution in [0.3, 0.4) is 0 Å². The second-order valence-corrected chi connectivity index (χ2v) is 5.50. The fourth-order valence-corrected chi connectivity index (χ4v) is 2.74. The number of aliphatic hydroxyl groups excluding tert-OH is 1. The number of aliphatic hydroxyl groups is 1. The van der Waals surface area contributed by atoms with Crippen LogP contribution >= 0.6 is 0 Å². The van der Waals surface area contributed by atoms with E-state index in [9.17, 15) is 9.50 Å². The SMILES string of the molecule is COc1ccc(C(O)C2CN(C)CCCN2C)cc1F. The summed E-state index contributed by atoms with van der Waals surface area (Å²) in [6.07, 6.45) is 0.369. The molecule has 2 rings (SSSR count). The fourth-order valence-electron chi connectivity index (χ4n) is 2.74. The third kappa shape index (κ3) is 3.29. The Morgan fingerprint density at radius 1 is 1.35 bits per heavy atom. The van der Waals surface area contributed by atoms with Gasteiger partial charge in [0, 0.05) is 6.54 Å². The highest BCUT2D eigenvalue weighted by Gasteiger charge is 2.28. The predicted molar refractivity (Wildman–Crippen MR) is 76.4 cm³/mol. The number of hydrogen-bond acceptors (Lipinski definition) is 4. The van der Waals surface area contributed by atoms with E-state index in [1.54, 1.807) is 12.1 Å². The molecule has 1 aliphatic heterocycles. The molecule has 2 atom stereocenters. The van der Waals surface area contributed by atoms with E-state index >= 15 is 0 Å². The Kier molecular flexibility index (Phi) is 4.96. The van der Waals surface area contributed by atoms with Crippen molar-refractivity contribution in [3.8, 4) is 5.75 Å². The average Bonchev–Trinajstić information content (AvgIpc) is 2.59. The maximum atomic E-state index is 13.8. The highest BCUT2D eigenvalue weighted by Crippen LogP contribution is 2.26. The summed E-state index contributed by atoms with van der Waals surface area (Å²) >= 11 is 0. The van der Waals surface area contributed by atoms with E-state index in [1.807, 2.05) is 14.1 Å². The number of rotatable bonds is 3. The molecule has 1 saturated heterocycles. The van der Waals surface area contributed by atoms with Crippen LogP contribution in [-0.4, -0.2) is 61.8 Å². The van der Waals surface area contributed by atoms with Crippen molar-refractivity contribution in [2.45, 2.75) is 18.6 Å². The molecule has 20 heavy (non-hydrogen) atoms. The Hall–Kier alpha value is -1.17. The number of ether oxygens (including phenoxy) is 1. The molecule has 1 aliphatic rings. The lowest BCUT2D eigenvalue weighted by molar-refractivity contribution is 0.0570. The first-order valence-electron chi connectivity index (χ1n) is 6.93. The van der Waals surface area contributed by atoms with Crippen molar-refractivity contribution in [3.63, 3.8) is 0 Å². The van der Waals surface area contributed by atoms with Crippen molar-refractivity contribution in [2.24, 2.45) is 0 Å². The van der Waals surface area contributed by atoms with Gasteiger partial charge in [-0.15, -0.1) is 0 Å². The summed E-state index contributed by atoms with van der Waals surface area (Å²) in [6.45, 7) is 2.72. The molecule has 4 nitrogen and oxygen atoms in total. The third-order valence-electron chi connectivity index (χ3n) is 4.00. The summed E-state index contributed by atoms with van der Waals surface area (Å²) in [5.41, 5.74) is 0.593.